The number of halogens is 3. The van der Waals surface area contributed by atoms with Crippen molar-refractivity contribution in [2.24, 2.45) is 0 Å². The van der Waals surface area contributed by atoms with E-state index in [1.165, 1.54) is 6.07 Å². The summed E-state index contributed by atoms with van der Waals surface area (Å²) in [6.45, 7) is 0.469. The summed E-state index contributed by atoms with van der Waals surface area (Å²) in [5, 5.41) is 3.03. The Bertz CT molecular complexity index is 857. The molecule has 0 aliphatic carbocycles. The summed E-state index contributed by atoms with van der Waals surface area (Å²) in [6, 6.07) is 9.09. The van der Waals surface area contributed by atoms with Gasteiger partial charge in [-0.2, -0.15) is 13.2 Å². The van der Waals surface area contributed by atoms with Crippen LogP contribution in [-0.4, -0.2) is 23.3 Å². The molecule has 4 rings (SSSR count). The van der Waals surface area contributed by atoms with E-state index in [0.29, 0.717) is 35.3 Å². The summed E-state index contributed by atoms with van der Waals surface area (Å²) in [7, 11) is 0. The van der Waals surface area contributed by atoms with Crippen molar-refractivity contribution in [3.05, 3.63) is 64.7 Å². The highest BCUT2D eigenvalue weighted by atomic mass is 19.4. The first-order valence-corrected chi connectivity index (χ1v) is 7.80. The topological polar surface area (TPSA) is 49.4 Å². The van der Waals surface area contributed by atoms with E-state index in [1.807, 2.05) is 0 Å². The molecule has 0 saturated heterocycles. The molecule has 2 heterocycles. The molecule has 25 heavy (non-hydrogen) atoms. The van der Waals surface area contributed by atoms with E-state index >= 15 is 0 Å². The van der Waals surface area contributed by atoms with Crippen LogP contribution >= 0.6 is 0 Å². The van der Waals surface area contributed by atoms with Gasteiger partial charge in [0.25, 0.3) is 11.8 Å². The molecule has 1 atom stereocenters. The number of fused-ring (bicyclic) bond motifs is 2. The van der Waals surface area contributed by atoms with E-state index in [0.717, 1.165) is 17.0 Å². The maximum absolute atomic E-state index is 13.1. The van der Waals surface area contributed by atoms with Crippen molar-refractivity contribution in [2.75, 3.05) is 11.9 Å². The van der Waals surface area contributed by atoms with E-state index in [1.54, 1.807) is 24.3 Å². The molecule has 0 fully saturated rings. The quantitative estimate of drug-likeness (QED) is 0.798. The van der Waals surface area contributed by atoms with Crippen molar-refractivity contribution in [1.82, 2.24) is 4.90 Å². The lowest BCUT2D eigenvalue weighted by Crippen LogP contribution is -2.37. The molecule has 4 nitrogen and oxygen atoms in total. The summed E-state index contributed by atoms with van der Waals surface area (Å²) in [5.74, 6) is -0.924. The van der Waals surface area contributed by atoms with Gasteiger partial charge in [-0.1, -0.05) is 12.1 Å². The first-order chi connectivity index (χ1) is 11.9. The molecule has 7 heteroatoms. The van der Waals surface area contributed by atoms with E-state index in [4.69, 9.17) is 0 Å². The van der Waals surface area contributed by atoms with E-state index in [-0.39, 0.29) is 0 Å². The fourth-order valence-corrected chi connectivity index (χ4v) is 3.43. The second kappa shape index (κ2) is 5.34. The standard InChI is InChI=1S/C18H13F3N2O2/c19-18(20,21)10-5-6-14-13(9-10)15(7-8-22-14)23-16(24)11-3-1-2-4-12(11)17(23)25/h1-6,9,15,22H,7-8H2/t15-/m0/s1. The Hall–Kier alpha value is -2.83. The van der Waals surface area contributed by atoms with Crippen LogP contribution in [0.4, 0.5) is 18.9 Å². The number of benzene rings is 2. The number of carbonyl (C=O) groups is 2. The molecule has 2 aromatic rings. The Morgan fingerprint density at radius 2 is 1.64 bits per heavy atom. The SMILES string of the molecule is O=C1c2ccccc2C(=O)N1[C@H]1CCNc2ccc(C(F)(F)F)cc21. The summed E-state index contributed by atoms with van der Waals surface area (Å²) in [6.07, 6.45) is -4.13. The Labute approximate surface area is 141 Å². The van der Waals surface area contributed by atoms with Crippen LogP contribution in [0.2, 0.25) is 0 Å². The van der Waals surface area contributed by atoms with Gasteiger partial charge in [-0.25, -0.2) is 0 Å². The van der Waals surface area contributed by atoms with Gasteiger partial charge < -0.3 is 5.32 Å². The summed E-state index contributed by atoms with van der Waals surface area (Å²) >= 11 is 0. The minimum absolute atomic E-state index is 0.291. The predicted octanol–water partition coefficient (Wildman–Crippen LogP) is 3.86. The smallest absolute Gasteiger partial charge is 0.385 e. The van der Waals surface area contributed by atoms with Crippen LogP contribution in [0.1, 0.15) is 44.3 Å². The molecule has 0 aromatic heterocycles. The van der Waals surface area contributed by atoms with Crippen LogP contribution in [0.5, 0.6) is 0 Å². The molecular weight excluding hydrogens is 333 g/mol. The number of nitrogens with one attached hydrogen (secondary N) is 1. The summed E-state index contributed by atoms with van der Waals surface area (Å²) < 4.78 is 39.2. The number of rotatable bonds is 1. The predicted molar refractivity (Wildman–Crippen MR) is 84.2 cm³/mol. The minimum atomic E-state index is -4.49. The van der Waals surface area contributed by atoms with Crippen LogP contribution in [0.15, 0.2) is 42.5 Å². The number of anilines is 1. The fraction of sp³-hybridized carbons (Fsp3) is 0.222. The third kappa shape index (κ3) is 2.38. The van der Waals surface area contributed by atoms with Gasteiger partial charge in [0.05, 0.1) is 22.7 Å². The average Bonchev–Trinajstić information content (AvgIpc) is 2.85. The molecule has 2 aromatic carbocycles. The molecular formula is C18H13F3N2O2. The van der Waals surface area contributed by atoms with E-state index in [2.05, 4.69) is 5.32 Å². The van der Waals surface area contributed by atoms with Crippen molar-refractivity contribution < 1.29 is 22.8 Å². The molecule has 2 amide bonds. The Morgan fingerprint density at radius 1 is 1.00 bits per heavy atom. The normalized spacial score (nSPS) is 19.5. The number of hydrogen-bond donors (Lipinski definition) is 1. The van der Waals surface area contributed by atoms with Crippen molar-refractivity contribution in [3.8, 4) is 0 Å². The Balaban J connectivity index is 1.80. The zero-order valence-corrected chi connectivity index (χ0v) is 12.9. The van der Waals surface area contributed by atoms with E-state index in [9.17, 15) is 22.8 Å². The van der Waals surface area contributed by atoms with Gasteiger partial charge in [0.15, 0.2) is 0 Å². The largest absolute Gasteiger partial charge is 0.416 e. The summed E-state index contributed by atoms with van der Waals surface area (Å²) in [5.41, 5.74) is 0.618. The van der Waals surface area contributed by atoms with Gasteiger partial charge in [0.2, 0.25) is 0 Å². The van der Waals surface area contributed by atoms with Crippen LogP contribution in [0, 0.1) is 0 Å². The maximum Gasteiger partial charge on any atom is 0.416 e. The molecule has 2 aliphatic heterocycles. The second-order valence-electron chi connectivity index (χ2n) is 6.06. The zero-order chi connectivity index (χ0) is 17.8. The third-order valence-electron chi connectivity index (χ3n) is 4.61. The maximum atomic E-state index is 13.1. The second-order valence-corrected chi connectivity index (χ2v) is 6.06. The Morgan fingerprint density at radius 3 is 2.24 bits per heavy atom. The minimum Gasteiger partial charge on any atom is -0.385 e. The van der Waals surface area contributed by atoms with Gasteiger partial charge >= 0.3 is 6.18 Å². The highest BCUT2D eigenvalue weighted by Crippen LogP contribution is 2.41. The first kappa shape index (κ1) is 15.7. The highest BCUT2D eigenvalue weighted by molar-refractivity contribution is 6.21. The average molecular weight is 346 g/mol. The van der Waals surface area contributed by atoms with Gasteiger partial charge in [-0.3, -0.25) is 14.5 Å². The van der Waals surface area contributed by atoms with Crippen molar-refractivity contribution in [1.29, 1.82) is 0 Å². The van der Waals surface area contributed by atoms with Crippen LogP contribution in [0.3, 0.4) is 0 Å². The van der Waals surface area contributed by atoms with Gasteiger partial charge in [0.1, 0.15) is 0 Å². The van der Waals surface area contributed by atoms with Crippen molar-refractivity contribution in [2.45, 2.75) is 18.6 Å². The lowest BCUT2D eigenvalue weighted by Gasteiger charge is -2.33. The van der Waals surface area contributed by atoms with Crippen LogP contribution in [0.25, 0.3) is 0 Å². The number of imide groups is 1. The molecule has 2 aliphatic rings. The Kier molecular flexibility index (Phi) is 3.35. The van der Waals surface area contributed by atoms with Gasteiger partial charge in [-0.05, 0) is 42.3 Å². The highest BCUT2D eigenvalue weighted by Gasteiger charge is 2.42. The molecule has 0 bridgehead atoms. The number of carbonyl (C=O) groups excluding carboxylic acids is 2. The lowest BCUT2D eigenvalue weighted by molar-refractivity contribution is -0.137. The van der Waals surface area contributed by atoms with Crippen molar-refractivity contribution in [3.63, 3.8) is 0 Å². The monoisotopic (exact) mass is 346 g/mol. The van der Waals surface area contributed by atoms with E-state index < -0.39 is 29.6 Å². The van der Waals surface area contributed by atoms with Gasteiger partial charge in [0, 0.05) is 12.2 Å². The van der Waals surface area contributed by atoms with Crippen LogP contribution < -0.4 is 5.32 Å². The zero-order valence-electron chi connectivity index (χ0n) is 12.9. The number of hydrogen-bond acceptors (Lipinski definition) is 3. The number of alkyl halides is 3. The fourth-order valence-electron chi connectivity index (χ4n) is 3.43. The molecule has 128 valence electrons. The van der Waals surface area contributed by atoms with Crippen molar-refractivity contribution >= 4 is 17.5 Å². The molecule has 1 N–H and O–H groups in total. The lowest BCUT2D eigenvalue weighted by atomic mass is 9.94. The first-order valence-electron chi connectivity index (χ1n) is 7.80. The molecule has 0 radical (unpaired) electrons. The third-order valence-corrected chi connectivity index (χ3v) is 4.61. The molecule has 0 spiro atoms. The van der Waals surface area contributed by atoms with Crippen LogP contribution in [-0.2, 0) is 6.18 Å². The molecule has 0 saturated carbocycles. The molecule has 0 unspecified atom stereocenters. The van der Waals surface area contributed by atoms with Gasteiger partial charge in [-0.15, -0.1) is 0 Å². The number of nitrogens with zero attached hydrogens (tertiary/aromatic N) is 1. The summed E-state index contributed by atoms with van der Waals surface area (Å²) in [4.78, 5) is 26.4. The number of amides is 2.